The van der Waals surface area contributed by atoms with Gasteiger partial charge < -0.3 is 10.2 Å². The molecule has 4 rings (SSSR count). The Balaban J connectivity index is 1.52. The number of pyridine rings is 1. The monoisotopic (exact) mass is 430 g/mol. The lowest BCUT2D eigenvalue weighted by Crippen LogP contribution is -2.31. The molecule has 0 fully saturated rings. The van der Waals surface area contributed by atoms with E-state index in [1.807, 2.05) is 0 Å². The Hall–Kier alpha value is -3.04. The molecule has 1 aliphatic rings. The summed E-state index contributed by atoms with van der Waals surface area (Å²) in [5, 5.41) is 19.9. The Bertz CT molecular complexity index is 1100. The highest BCUT2D eigenvalue weighted by Crippen LogP contribution is 2.31. The number of alkyl halides is 3. The summed E-state index contributed by atoms with van der Waals surface area (Å²) < 4.78 is 38.3. The summed E-state index contributed by atoms with van der Waals surface area (Å²) in [5.74, 6) is 0.483. The molecule has 0 radical (unpaired) electrons. The average Bonchev–Trinajstić information content (AvgIpc) is 2.76. The Morgan fingerprint density at radius 2 is 1.84 bits per heavy atom. The van der Waals surface area contributed by atoms with Crippen LogP contribution in [-0.2, 0) is 32.3 Å². The van der Waals surface area contributed by atoms with E-state index in [0.29, 0.717) is 54.3 Å². The molecular weight excluding hydrogens is 409 g/mol. The van der Waals surface area contributed by atoms with Gasteiger partial charge in [0.1, 0.15) is 5.75 Å². The van der Waals surface area contributed by atoms with Crippen LogP contribution in [0.2, 0.25) is 0 Å². The van der Waals surface area contributed by atoms with Crippen molar-refractivity contribution in [3.63, 3.8) is 0 Å². The summed E-state index contributed by atoms with van der Waals surface area (Å²) >= 11 is 0. The lowest BCUT2D eigenvalue weighted by molar-refractivity contribution is -0.137. The second-order valence-electron chi connectivity index (χ2n) is 7.56. The van der Waals surface area contributed by atoms with Crippen molar-refractivity contribution in [2.75, 3.05) is 6.54 Å². The van der Waals surface area contributed by atoms with Gasteiger partial charge >= 0.3 is 6.18 Å². The molecule has 0 aliphatic carbocycles. The van der Waals surface area contributed by atoms with Gasteiger partial charge in [-0.15, -0.1) is 0 Å². The summed E-state index contributed by atoms with van der Waals surface area (Å²) in [5.41, 5.74) is 3.36. The van der Waals surface area contributed by atoms with Crippen molar-refractivity contribution in [2.45, 2.75) is 39.2 Å². The zero-order valence-electron chi connectivity index (χ0n) is 16.8. The van der Waals surface area contributed by atoms with Crippen LogP contribution in [0.5, 0.6) is 5.75 Å². The van der Waals surface area contributed by atoms with E-state index in [1.165, 1.54) is 12.1 Å². The molecule has 6 nitrogen and oxygen atoms in total. The third kappa shape index (κ3) is 4.38. The summed E-state index contributed by atoms with van der Waals surface area (Å²) in [6.45, 7) is 3.20. The van der Waals surface area contributed by atoms with Crippen molar-refractivity contribution in [1.29, 1.82) is 0 Å². The fraction of sp³-hybridized carbons (Fsp3) is 0.318. The Labute approximate surface area is 177 Å². The Morgan fingerprint density at radius 1 is 1.10 bits per heavy atom. The number of halogens is 3. The standard InChI is InChI=1S/C22H21F3N4O2/c1-13-20(31)18(16(12-30)9-26-13)11-29-7-6-19-15(10-29)8-27-21(28-19)14-2-4-17(5-3-14)22(23,24)25/h2-5,8-9,30-31H,6-7,10-12H2,1H3. The third-order valence-corrected chi connectivity index (χ3v) is 5.47. The second kappa shape index (κ2) is 8.24. The molecular formula is C22H21F3N4O2. The van der Waals surface area contributed by atoms with Gasteiger partial charge in [0, 0.05) is 60.7 Å². The van der Waals surface area contributed by atoms with Crippen LogP contribution in [-0.4, -0.2) is 36.6 Å². The van der Waals surface area contributed by atoms with Crippen molar-refractivity contribution in [3.05, 3.63) is 70.3 Å². The van der Waals surface area contributed by atoms with Gasteiger partial charge in [-0.2, -0.15) is 13.2 Å². The lowest BCUT2D eigenvalue weighted by atomic mass is 10.0. The van der Waals surface area contributed by atoms with Crippen LogP contribution in [0.3, 0.4) is 0 Å². The topological polar surface area (TPSA) is 82.4 Å². The first-order valence-electron chi connectivity index (χ1n) is 9.78. The number of aromatic hydroxyl groups is 1. The largest absolute Gasteiger partial charge is 0.506 e. The minimum Gasteiger partial charge on any atom is -0.506 e. The number of aliphatic hydroxyl groups excluding tert-OH is 1. The number of nitrogens with zero attached hydrogens (tertiary/aromatic N) is 4. The normalized spacial score (nSPS) is 14.5. The molecule has 3 aromatic rings. The highest BCUT2D eigenvalue weighted by Gasteiger charge is 2.30. The number of benzene rings is 1. The van der Waals surface area contributed by atoms with Gasteiger partial charge in [-0.1, -0.05) is 12.1 Å². The molecule has 1 aliphatic heterocycles. The number of rotatable bonds is 4. The van der Waals surface area contributed by atoms with Crippen molar-refractivity contribution < 1.29 is 23.4 Å². The van der Waals surface area contributed by atoms with Gasteiger partial charge in [-0.25, -0.2) is 9.97 Å². The molecule has 3 heterocycles. The van der Waals surface area contributed by atoms with E-state index >= 15 is 0 Å². The zero-order chi connectivity index (χ0) is 22.2. The molecule has 0 amide bonds. The van der Waals surface area contributed by atoms with E-state index in [-0.39, 0.29) is 12.4 Å². The fourth-order valence-corrected chi connectivity index (χ4v) is 3.68. The smallest absolute Gasteiger partial charge is 0.416 e. The predicted molar refractivity (Wildman–Crippen MR) is 107 cm³/mol. The van der Waals surface area contributed by atoms with Crippen LogP contribution < -0.4 is 0 Å². The highest BCUT2D eigenvalue weighted by molar-refractivity contribution is 5.56. The first-order valence-corrected chi connectivity index (χ1v) is 9.78. The zero-order valence-corrected chi connectivity index (χ0v) is 16.8. The summed E-state index contributed by atoms with van der Waals surface area (Å²) in [6.07, 6.45) is -0.463. The molecule has 0 atom stereocenters. The van der Waals surface area contributed by atoms with Crippen molar-refractivity contribution in [1.82, 2.24) is 19.9 Å². The summed E-state index contributed by atoms with van der Waals surface area (Å²) in [7, 11) is 0. The van der Waals surface area contributed by atoms with E-state index in [9.17, 15) is 23.4 Å². The van der Waals surface area contributed by atoms with Gasteiger partial charge in [0.25, 0.3) is 0 Å². The SMILES string of the molecule is Cc1ncc(CO)c(CN2CCc3nc(-c4ccc(C(F)(F)F)cc4)ncc3C2)c1O. The maximum absolute atomic E-state index is 12.8. The molecule has 2 N–H and O–H groups in total. The van der Waals surface area contributed by atoms with Gasteiger partial charge in [-0.3, -0.25) is 9.88 Å². The number of aryl methyl sites for hydroxylation is 1. The van der Waals surface area contributed by atoms with Crippen LogP contribution >= 0.6 is 0 Å². The van der Waals surface area contributed by atoms with Crippen LogP contribution in [0.15, 0.2) is 36.7 Å². The molecule has 9 heteroatoms. The highest BCUT2D eigenvalue weighted by atomic mass is 19.4. The first kappa shape index (κ1) is 21.2. The number of hydrogen-bond acceptors (Lipinski definition) is 6. The Kier molecular flexibility index (Phi) is 5.63. The lowest BCUT2D eigenvalue weighted by Gasteiger charge is -2.29. The van der Waals surface area contributed by atoms with Crippen molar-refractivity contribution in [3.8, 4) is 17.1 Å². The maximum Gasteiger partial charge on any atom is 0.416 e. The van der Waals surface area contributed by atoms with Gasteiger partial charge in [0.2, 0.25) is 0 Å². The van der Waals surface area contributed by atoms with Crippen LogP contribution in [0.25, 0.3) is 11.4 Å². The van der Waals surface area contributed by atoms with E-state index in [4.69, 9.17) is 0 Å². The maximum atomic E-state index is 12.8. The summed E-state index contributed by atoms with van der Waals surface area (Å²) in [6, 6.07) is 4.82. The van der Waals surface area contributed by atoms with Crippen molar-refractivity contribution >= 4 is 0 Å². The number of fused-ring (bicyclic) bond motifs is 1. The Morgan fingerprint density at radius 3 is 2.52 bits per heavy atom. The van der Waals surface area contributed by atoms with Gasteiger partial charge in [0.15, 0.2) is 5.82 Å². The number of aromatic nitrogens is 3. The van der Waals surface area contributed by atoms with Crippen LogP contribution in [0.1, 0.15) is 33.6 Å². The molecule has 1 aromatic carbocycles. The number of hydrogen-bond donors (Lipinski definition) is 2. The second-order valence-corrected chi connectivity index (χ2v) is 7.56. The summed E-state index contributed by atoms with van der Waals surface area (Å²) in [4.78, 5) is 15.1. The van der Waals surface area contributed by atoms with E-state index < -0.39 is 11.7 Å². The molecule has 31 heavy (non-hydrogen) atoms. The van der Waals surface area contributed by atoms with E-state index in [0.717, 1.165) is 23.4 Å². The molecule has 2 aromatic heterocycles. The molecule has 0 unspecified atom stereocenters. The average molecular weight is 430 g/mol. The first-order chi connectivity index (χ1) is 14.8. The predicted octanol–water partition coefficient (Wildman–Crippen LogP) is 3.62. The molecule has 0 bridgehead atoms. The molecule has 0 spiro atoms. The van der Waals surface area contributed by atoms with Gasteiger partial charge in [0.05, 0.1) is 23.6 Å². The fourth-order valence-electron chi connectivity index (χ4n) is 3.68. The van der Waals surface area contributed by atoms with Crippen LogP contribution in [0.4, 0.5) is 13.2 Å². The quantitative estimate of drug-likeness (QED) is 0.658. The van der Waals surface area contributed by atoms with E-state index in [1.54, 1.807) is 19.3 Å². The van der Waals surface area contributed by atoms with Crippen LogP contribution in [0, 0.1) is 6.92 Å². The molecule has 0 saturated carbocycles. The van der Waals surface area contributed by atoms with Crippen molar-refractivity contribution in [2.24, 2.45) is 0 Å². The third-order valence-electron chi connectivity index (χ3n) is 5.47. The molecule has 0 saturated heterocycles. The van der Waals surface area contributed by atoms with Gasteiger partial charge in [-0.05, 0) is 19.1 Å². The minimum atomic E-state index is -4.38. The van der Waals surface area contributed by atoms with E-state index in [2.05, 4.69) is 19.9 Å². The molecule has 162 valence electrons. The number of aliphatic hydroxyl groups is 1. The minimum absolute atomic E-state index is 0.0891.